The van der Waals surface area contributed by atoms with E-state index in [1.807, 2.05) is 28.9 Å². The van der Waals surface area contributed by atoms with Crippen LogP contribution in [0.4, 0.5) is 8.78 Å². The lowest BCUT2D eigenvalue weighted by Gasteiger charge is -2.08. The van der Waals surface area contributed by atoms with E-state index in [0.717, 1.165) is 47.7 Å². The highest BCUT2D eigenvalue weighted by Gasteiger charge is 2.27. The lowest BCUT2D eigenvalue weighted by atomic mass is 10.1. The molecule has 5 rings (SSSR count). The van der Waals surface area contributed by atoms with E-state index in [-0.39, 0.29) is 10.6 Å². The maximum absolute atomic E-state index is 14.5. The van der Waals surface area contributed by atoms with Gasteiger partial charge < -0.3 is 0 Å². The van der Waals surface area contributed by atoms with E-state index in [1.54, 1.807) is 10.9 Å². The highest BCUT2D eigenvalue weighted by atomic mass is 35.5. The van der Waals surface area contributed by atoms with Gasteiger partial charge in [0, 0.05) is 23.6 Å². The SMILES string of the molecule is Fc1cc(F)c(-c2nn3c(c2-n2ncc4ccccc42)CCC3)cc1Cl. The molecule has 0 saturated heterocycles. The Bertz CT molecular complexity index is 1160. The molecule has 0 aliphatic carbocycles. The number of rotatable bonds is 2. The lowest BCUT2D eigenvalue weighted by Crippen LogP contribution is -2.01. The highest BCUT2D eigenvalue weighted by molar-refractivity contribution is 6.31. The van der Waals surface area contributed by atoms with Crippen LogP contribution in [0.3, 0.4) is 0 Å². The number of benzene rings is 2. The zero-order chi connectivity index (χ0) is 17.8. The molecule has 3 heterocycles. The normalized spacial score (nSPS) is 13.5. The van der Waals surface area contributed by atoms with Crippen LogP contribution in [0.2, 0.25) is 5.02 Å². The van der Waals surface area contributed by atoms with Gasteiger partial charge in [-0.05, 0) is 25.0 Å². The molecule has 0 unspecified atom stereocenters. The van der Waals surface area contributed by atoms with E-state index < -0.39 is 11.6 Å². The minimum absolute atomic E-state index is 0.133. The Morgan fingerprint density at radius 1 is 1.08 bits per heavy atom. The summed E-state index contributed by atoms with van der Waals surface area (Å²) in [6, 6.07) is 9.89. The van der Waals surface area contributed by atoms with E-state index in [9.17, 15) is 8.78 Å². The molecule has 2 aromatic carbocycles. The molecule has 0 radical (unpaired) electrons. The van der Waals surface area contributed by atoms with Gasteiger partial charge in [0.25, 0.3) is 0 Å². The summed E-state index contributed by atoms with van der Waals surface area (Å²) < 4.78 is 31.8. The number of aromatic nitrogens is 4. The first-order valence-corrected chi connectivity index (χ1v) is 8.69. The van der Waals surface area contributed by atoms with Gasteiger partial charge in [0.1, 0.15) is 23.0 Å². The zero-order valence-corrected chi connectivity index (χ0v) is 14.3. The molecule has 4 aromatic rings. The minimum atomic E-state index is -0.786. The Morgan fingerprint density at radius 3 is 2.81 bits per heavy atom. The van der Waals surface area contributed by atoms with Gasteiger partial charge in [-0.25, -0.2) is 13.5 Å². The smallest absolute Gasteiger partial charge is 0.144 e. The third-order valence-electron chi connectivity index (χ3n) is 4.77. The van der Waals surface area contributed by atoms with Crippen molar-refractivity contribution in [3.63, 3.8) is 0 Å². The second-order valence-corrected chi connectivity index (χ2v) is 6.74. The summed E-state index contributed by atoms with van der Waals surface area (Å²) in [7, 11) is 0. The van der Waals surface area contributed by atoms with Gasteiger partial charge in [0.15, 0.2) is 0 Å². The van der Waals surface area contributed by atoms with Crippen LogP contribution in [0.25, 0.3) is 27.8 Å². The predicted octanol–water partition coefficient (Wildman–Crippen LogP) is 4.77. The number of hydrogen-bond acceptors (Lipinski definition) is 2. The molecule has 0 bridgehead atoms. The Kier molecular flexibility index (Phi) is 3.37. The van der Waals surface area contributed by atoms with Crippen molar-refractivity contribution in [3.8, 4) is 16.9 Å². The van der Waals surface area contributed by atoms with Crippen LogP contribution in [0.5, 0.6) is 0 Å². The van der Waals surface area contributed by atoms with E-state index >= 15 is 0 Å². The lowest BCUT2D eigenvalue weighted by molar-refractivity contribution is 0.584. The number of halogens is 3. The predicted molar refractivity (Wildman–Crippen MR) is 95.5 cm³/mol. The number of aryl methyl sites for hydroxylation is 1. The number of hydrogen-bond donors (Lipinski definition) is 0. The fourth-order valence-electron chi connectivity index (χ4n) is 3.57. The average molecular weight is 371 g/mol. The van der Waals surface area contributed by atoms with Gasteiger partial charge in [-0.1, -0.05) is 29.8 Å². The molecule has 0 spiro atoms. The van der Waals surface area contributed by atoms with Gasteiger partial charge in [-0.2, -0.15) is 10.2 Å². The summed E-state index contributed by atoms with van der Waals surface area (Å²) in [5, 5.41) is 9.94. The Hall–Kier alpha value is -2.73. The number of nitrogens with zero attached hydrogens (tertiary/aromatic N) is 4. The first kappa shape index (κ1) is 15.5. The summed E-state index contributed by atoms with van der Waals surface area (Å²) in [5.41, 5.74) is 3.23. The van der Waals surface area contributed by atoms with Gasteiger partial charge in [-0.15, -0.1) is 0 Å². The maximum atomic E-state index is 14.5. The van der Waals surface area contributed by atoms with Gasteiger partial charge >= 0.3 is 0 Å². The van der Waals surface area contributed by atoms with Gasteiger partial charge in [-0.3, -0.25) is 4.68 Å². The summed E-state index contributed by atoms with van der Waals surface area (Å²) in [4.78, 5) is 0. The molecule has 130 valence electrons. The van der Waals surface area contributed by atoms with Crippen molar-refractivity contribution in [1.29, 1.82) is 0 Å². The Labute approximate surface area is 152 Å². The maximum Gasteiger partial charge on any atom is 0.144 e. The molecule has 26 heavy (non-hydrogen) atoms. The summed E-state index contributed by atoms with van der Waals surface area (Å²) >= 11 is 5.90. The molecular weight excluding hydrogens is 358 g/mol. The monoisotopic (exact) mass is 370 g/mol. The van der Waals surface area contributed by atoms with Crippen LogP contribution in [0, 0.1) is 11.6 Å². The largest absolute Gasteiger partial charge is 0.267 e. The molecular formula is C19H13ClF2N4. The van der Waals surface area contributed by atoms with Crippen molar-refractivity contribution in [3.05, 3.63) is 64.9 Å². The summed E-state index contributed by atoms with van der Waals surface area (Å²) in [6.45, 7) is 0.762. The molecule has 0 saturated carbocycles. The first-order valence-electron chi connectivity index (χ1n) is 8.31. The molecule has 4 nitrogen and oxygen atoms in total. The van der Waals surface area contributed by atoms with Crippen molar-refractivity contribution in [1.82, 2.24) is 19.6 Å². The topological polar surface area (TPSA) is 35.6 Å². The third-order valence-corrected chi connectivity index (χ3v) is 5.06. The molecule has 2 aromatic heterocycles. The molecule has 0 atom stereocenters. The van der Waals surface area contributed by atoms with Crippen LogP contribution in [0.15, 0.2) is 42.6 Å². The zero-order valence-electron chi connectivity index (χ0n) is 13.6. The Morgan fingerprint density at radius 2 is 1.92 bits per heavy atom. The van der Waals surface area contributed by atoms with Crippen LogP contribution in [-0.4, -0.2) is 19.6 Å². The van der Waals surface area contributed by atoms with E-state index in [2.05, 4.69) is 10.2 Å². The Balaban J connectivity index is 1.83. The average Bonchev–Trinajstić information content (AvgIpc) is 3.32. The number of fused-ring (bicyclic) bond motifs is 2. The van der Waals surface area contributed by atoms with Gasteiger partial charge in [0.2, 0.25) is 0 Å². The van der Waals surface area contributed by atoms with E-state index in [1.165, 1.54) is 6.07 Å². The van der Waals surface area contributed by atoms with Crippen molar-refractivity contribution in [2.45, 2.75) is 19.4 Å². The van der Waals surface area contributed by atoms with E-state index in [0.29, 0.717) is 5.69 Å². The van der Waals surface area contributed by atoms with Crippen LogP contribution >= 0.6 is 11.6 Å². The fraction of sp³-hybridized carbons (Fsp3) is 0.158. The molecule has 0 N–H and O–H groups in total. The molecule has 1 aliphatic rings. The number of para-hydroxylation sites is 1. The van der Waals surface area contributed by atoms with Crippen molar-refractivity contribution >= 4 is 22.5 Å². The summed E-state index contributed by atoms with van der Waals surface area (Å²) in [5.74, 6) is -1.48. The molecule has 1 aliphatic heterocycles. The standard InChI is InChI=1S/C19H13ClF2N4/c20-13-8-12(14(21)9-15(13)22)18-19(17-6-3-7-25(17)24-18)26-16-5-2-1-4-11(16)10-23-26/h1-2,4-5,8-10H,3,6-7H2. The van der Waals surface area contributed by atoms with Crippen molar-refractivity contribution < 1.29 is 8.78 Å². The quantitative estimate of drug-likeness (QED) is 0.477. The van der Waals surface area contributed by atoms with Crippen molar-refractivity contribution in [2.24, 2.45) is 0 Å². The van der Waals surface area contributed by atoms with Crippen LogP contribution < -0.4 is 0 Å². The van der Waals surface area contributed by atoms with Crippen LogP contribution in [0.1, 0.15) is 12.1 Å². The third kappa shape index (κ3) is 2.18. The molecule has 0 fully saturated rings. The van der Waals surface area contributed by atoms with E-state index in [4.69, 9.17) is 11.6 Å². The second-order valence-electron chi connectivity index (χ2n) is 6.33. The van der Waals surface area contributed by atoms with Gasteiger partial charge in [0.05, 0.1) is 22.4 Å². The molecule has 7 heteroatoms. The minimum Gasteiger partial charge on any atom is -0.267 e. The fourth-order valence-corrected chi connectivity index (χ4v) is 3.74. The van der Waals surface area contributed by atoms with Crippen LogP contribution in [-0.2, 0) is 13.0 Å². The highest BCUT2D eigenvalue weighted by Crippen LogP contribution is 2.36. The van der Waals surface area contributed by atoms with Crippen molar-refractivity contribution in [2.75, 3.05) is 0 Å². The first-order chi connectivity index (χ1) is 12.6. The molecule has 0 amide bonds. The summed E-state index contributed by atoms with van der Waals surface area (Å²) in [6.07, 6.45) is 3.57. The second kappa shape index (κ2) is 5.64.